The Kier molecular flexibility index (Phi) is 4.33. The smallest absolute Gasteiger partial charge is 0.346 e. The molecule has 0 aliphatic carbocycles. The number of ether oxygens (including phenoxy) is 1. The van der Waals surface area contributed by atoms with E-state index in [2.05, 4.69) is 5.10 Å². The summed E-state index contributed by atoms with van der Waals surface area (Å²) in [4.78, 5) is 26.7. The third-order valence-electron chi connectivity index (χ3n) is 4.49. The van der Waals surface area contributed by atoms with E-state index in [0.717, 1.165) is 31.5 Å². The average molecular weight is 308 g/mol. The van der Waals surface area contributed by atoms with Gasteiger partial charge in [0.25, 0.3) is 0 Å². The van der Waals surface area contributed by atoms with Crippen LogP contribution in [0, 0.1) is 0 Å². The molecule has 7 nitrogen and oxygen atoms in total. The first-order chi connectivity index (χ1) is 10.6. The highest BCUT2D eigenvalue weighted by Crippen LogP contribution is 2.13. The summed E-state index contributed by atoms with van der Waals surface area (Å²) in [5.74, 6) is 0.761. The van der Waals surface area contributed by atoms with E-state index < -0.39 is 0 Å². The van der Waals surface area contributed by atoms with Crippen molar-refractivity contribution in [1.29, 1.82) is 0 Å². The summed E-state index contributed by atoms with van der Waals surface area (Å²) < 4.78 is 8.60. The van der Waals surface area contributed by atoms with Crippen molar-refractivity contribution in [1.82, 2.24) is 19.2 Å². The molecule has 0 N–H and O–H groups in total. The number of amides is 1. The van der Waals surface area contributed by atoms with Gasteiger partial charge in [0.1, 0.15) is 12.4 Å². The molecule has 3 rings (SSSR count). The van der Waals surface area contributed by atoms with E-state index in [4.69, 9.17) is 4.74 Å². The minimum atomic E-state index is -0.154. The minimum absolute atomic E-state index is 0.0237. The van der Waals surface area contributed by atoms with Crippen molar-refractivity contribution in [2.24, 2.45) is 0 Å². The summed E-state index contributed by atoms with van der Waals surface area (Å²) in [6, 6.07) is 0.0415. The zero-order valence-electron chi connectivity index (χ0n) is 13.3. The molecule has 1 aromatic heterocycles. The summed E-state index contributed by atoms with van der Waals surface area (Å²) >= 11 is 0. The highest BCUT2D eigenvalue weighted by atomic mass is 16.5. The minimum Gasteiger partial charge on any atom is -0.375 e. The molecule has 0 bridgehead atoms. The highest BCUT2D eigenvalue weighted by molar-refractivity contribution is 5.76. The molecule has 1 amide bonds. The van der Waals surface area contributed by atoms with Crippen LogP contribution in [0.2, 0.25) is 0 Å². The Hall–Kier alpha value is -1.63. The van der Waals surface area contributed by atoms with Crippen molar-refractivity contribution in [3.63, 3.8) is 0 Å². The van der Waals surface area contributed by atoms with Crippen LogP contribution in [-0.2, 0) is 29.0 Å². The highest BCUT2D eigenvalue weighted by Gasteiger charge is 2.28. The van der Waals surface area contributed by atoms with E-state index in [-0.39, 0.29) is 30.3 Å². The van der Waals surface area contributed by atoms with Crippen molar-refractivity contribution >= 4 is 5.91 Å². The van der Waals surface area contributed by atoms with Crippen molar-refractivity contribution in [2.45, 2.75) is 64.8 Å². The van der Waals surface area contributed by atoms with Gasteiger partial charge in [0.2, 0.25) is 5.91 Å². The van der Waals surface area contributed by atoms with Crippen molar-refractivity contribution < 1.29 is 9.53 Å². The van der Waals surface area contributed by atoms with Crippen molar-refractivity contribution in [3.8, 4) is 0 Å². The lowest BCUT2D eigenvalue weighted by Crippen LogP contribution is -2.51. The Balaban J connectivity index is 1.75. The number of aromatic nitrogens is 3. The van der Waals surface area contributed by atoms with Crippen LogP contribution in [0.4, 0.5) is 0 Å². The molecular formula is C15H24N4O3. The van der Waals surface area contributed by atoms with Gasteiger partial charge in [-0.05, 0) is 26.7 Å². The van der Waals surface area contributed by atoms with Crippen LogP contribution in [0.15, 0.2) is 4.79 Å². The summed E-state index contributed by atoms with van der Waals surface area (Å²) in [5, 5.41) is 4.38. The van der Waals surface area contributed by atoms with Crippen LogP contribution in [-0.4, -0.2) is 50.5 Å². The number of fused-ring (bicyclic) bond motifs is 1. The largest absolute Gasteiger partial charge is 0.375 e. The van der Waals surface area contributed by atoms with Crippen LogP contribution < -0.4 is 5.69 Å². The monoisotopic (exact) mass is 308 g/mol. The number of nitrogens with zero attached hydrogens (tertiary/aromatic N) is 4. The van der Waals surface area contributed by atoms with Gasteiger partial charge >= 0.3 is 5.69 Å². The normalized spacial score (nSPS) is 25.6. The average Bonchev–Trinajstić information content (AvgIpc) is 2.67. The van der Waals surface area contributed by atoms with Gasteiger partial charge in [0, 0.05) is 19.5 Å². The molecule has 1 aromatic rings. The fourth-order valence-corrected chi connectivity index (χ4v) is 3.20. The Morgan fingerprint density at radius 3 is 2.95 bits per heavy atom. The molecule has 122 valence electrons. The Labute approximate surface area is 129 Å². The predicted molar refractivity (Wildman–Crippen MR) is 80.6 cm³/mol. The molecule has 3 heterocycles. The van der Waals surface area contributed by atoms with Gasteiger partial charge < -0.3 is 9.64 Å². The molecule has 1 saturated heterocycles. The molecule has 1 fully saturated rings. The maximum absolute atomic E-state index is 12.5. The molecule has 0 spiro atoms. The standard InChI is InChI=1S/C15H24N4O3/c1-11-10-22-12(2)8-18(11)14(20)9-19-15(21)17-7-5-3-4-6-13(17)16-19/h11-12H,3-10H2,1-2H3. The van der Waals surface area contributed by atoms with E-state index in [1.54, 1.807) is 9.47 Å². The topological polar surface area (TPSA) is 69.4 Å². The Bertz CT molecular complexity index is 606. The molecule has 22 heavy (non-hydrogen) atoms. The summed E-state index contributed by atoms with van der Waals surface area (Å²) in [7, 11) is 0. The zero-order chi connectivity index (χ0) is 15.7. The Morgan fingerprint density at radius 2 is 2.14 bits per heavy atom. The summed E-state index contributed by atoms with van der Waals surface area (Å²) in [6.07, 6.45) is 4.05. The summed E-state index contributed by atoms with van der Waals surface area (Å²) in [6.45, 7) is 5.78. The number of carbonyl (C=O) groups excluding carboxylic acids is 1. The lowest BCUT2D eigenvalue weighted by Gasteiger charge is -2.36. The van der Waals surface area contributed by atoms with Gasteiger partial charge in [0.05, 0.1) is 18.8 Å². The zero-order valence-corrected chi connectivity index (χ0v) is 13.3. The molecule has 0 saturated carbocycles. The first-order valence-electron chi connectivity index (χ1n) is 8.14. The SMILES string of the molecule is CC1CN(C(=O)Cn2nc3n(c2=O)CCCCC3)C(C)CO1. The van der Waals surface area contributed by atoms with Crippen LogP contribution >= 0.6 is 0 Å². The van der Waals surface area contributed by atoms with E-state index in [1.165, 1.54) is 4.68 Å². The third kappa shape index (κ3) is 2.95. The van der Waals surface area contributed by atoms with Crippen molar-refractivity contribution in [2.75, 3.05) is 13.2 Å². The second-order valence-corrected chi connectivity index (χ2v) is 6.36. The van der Waals surface area contributed by atoms with Crippen LogP contribution in [0.1, 0.15) is 38.9 Å². The predicted octanol–water partition coefficient (Wildman–Crippen LogP) is 0.407. The molecule has 0 radical (unpaired) electrons. The Morgan fingerprint density at radius 1 is 1.32 bits per heavy atom. The second-order valence-electron chi connectivity index (χ2n) is 6.36. The van der Waals surface area contributed by atoms with Crippen molar-refractivity contribution in [3.05, 3.63) is 16.3 Å². The van der Waals surface area contributed by atoms with Gasteiger partial charge in [-0.1, -0.05) is 6.42 Å². The van der Waals surface area contributed by atoms with Gasteiger partial charge in [-0.3, -0.25) is 9.36 Å². The maximum atomic E-state index is 12.5. The van der Waals surface area contributed by atoms with Crippen LogP contribution in [0.25, 0.3) is 0 Å². The molecule has 2 atom stereocenters. The van der Waals surface area contributed by atoms with Crippen LogP contribution in [0.3, 0.4) is 0 Å². The molecule has 2 unspecified atom stereocenters. The third-order valence-corrected chi connectivity index (χ3v) is 4.49. The molecule has 7 heteroatoms. The van der Waals surface area contributed by atoms with E-state index in [9.17, 15) is 9.59 Å². The number of aryl methyl sites for hydroxylation is 1. The van der Waals surface area contributed by atoms with Crippen LogP contribution in [0.5, 0.6) is 0 Å². The molecule has 0 aromatic carbocycles. The van der Waals surface area contributed by atoms with E-state index in [1.807, 2.05) is 13.8 Å². The van der Waals surface area contributed by atoms with E-state index >= 15 is 0 Å². The first-order valence-corrected chi connectivity index (χ1v) is 8.14. The summed E-state index contributed by atoms with van der Waals surface area (Å²) in [5.41, 5.74) is -0.154. The lowest BCUT2D eigenvalue weighted by molar-refractivity contribution is -0.144. The van der Waals surface area contributed by atoms with Gasteiger partial charge in [0.15, 0.2) is 0 Å². The van der Waals surface area contributed by atoms with E-state index in [0.29, 0.717) is 19.7 Å². The fourth-order valence-electron chi connectivity index (χ4n) is 3.20. The quantitative estimate of drug-likeness (QED) is 0.793. The molecule has 2 aliphatic rings. The molecular weight excluding hydrogens is 284 g/mol. The van der Waals surface area contributed by atoms with Gasteiger partial charge in [-0.2, -0.15) is 5.10 Å². The first kappa shape index (κ1) is 15.3. The number of hydrogen-bond donors (Lipinski definition) is 0. The second kappa shape index (κ2) is 6.24. The lowest BCUT2D eigenvalue weighted by atomic mass is 10.2. The number of rotatable bonds is 2. The van der Waals surface area contributed by atoms with Gasteiger partial charge in [-0.25, -0.2) is 9.48 Å². The molecule has 2 aliphatic heterocycles. The number of carbonyl (C=O) groups is 1. The maximum Gasteiger partial charge on any atom is 0.346 e. The van der Waals surface area contributed by atoms with Gasteiger partial charge in [-0.15, -0.1) is 0 Å². The number of hydrogen-bond acceptors (Lipinski definition) is 4. The fraction of sp³-hybridized carbons (Fsp3) is 0.800. The number of morpholine rings is 1.